The molecule has 0 aliphatic carbocycles. The third-order valence-corrected chi connectivity index (χ3v) is 5.18. The number of hydrogen-bond donors (Lipinski definition) is 2. The Morgan fingerprint density at radius 1 is 1.00 bits per heavy atom. The number of nitrogens with zero attached hydrogens (tertiary/aromatic N) is 2. The third-order valence-electron chi connectivity index (χ3n) is 4.34. The Hall–Kier alpha value is -2.79. The molecule has 4 aromatic rings. The van der Waals surface area contributed by atoms with Crippen molar-refractivity contribution in [2.24, 2.45) is 0 Å². The Kier molecular flexibility index (Phi) is 3.32. The molecule has 0 saturated heterocycles. The van der Waals surface area contributed by atoms with Crippen molar-refractivity contribution in [2.45, 2.75) is 13.8 Å². The molecule has 0 unspecified atom stereocenters. The second-order valence-electron chi connectivity index (χ2n) is 5.86. The van der Waals surface area contributed by atoms with Gasteiger partial charge >= 0.3 is 0 Å². The molecule has 0 fully saturated rings. The van der Waals surface area contributed by atoms with Crippen molar-refractivity contribution in [3.8, 4) is 28.1 Å². The molecule has 0 atom stereocenters. The van der Waals surface area contributed by atoms with E-state index in [1.54, 1.807) is 16.8 Å². The summed E-state index contributed by atoms with van der Waals surface area (Å²) in [6.07, 6.45) is 0. The van der Waals surface area contributed by atoms with E-state index in [1.165, 1.54) is 11.5 Å². The number of aryl methyl sites for hydroxylation is 2. The van der Waals surface area contributed by atoms with Gasteiger partial charge in [-0.05, 0) is 49.1 Å². The molecule has 0 amide bonds. The first kappa shape index (κ1) is 14.8. The van der Waals surface area contributed by atoms with Crippen molar-refractivity contribution in [3.05, 3.63) is 59.1 Å². The summed E-state index contributed by atoms with van der Waals surface area (Å²) < 4.78 is 6.24. The van der Waals surface area contributed by atoms with Crippen molar-refractivity contribution < 1.29 is 5.11 Å². The molecule has 0 aliphatic rings. The van der Waals surface area contributed by atoms with Crippen LogP contribution < -0.4 is 5.84 Å². The van der Waals surface area contributed by atoms with Crippen LogP contribution in [0.2, 0.25) is 0 Å². The molecule has 2 heterocycles. The number of aromatic nitrogens is 2. The second kappa shape index (κ2) is 5.39. The van der Waals surface area contributed by atoms with Gasteiger partial charge in [-0.25, -0.2) is 0 Å². The van der Waals surface area contributed by atoms with Crippen LogP contribution in [0.15, 0.2) is 48.5 Å². The second-order valence-corrected chi connectivity index (χ2v) is 6.83. The van der Waals surface area contributed by atoms with Crippen molar-refractivity contribution in [2.75, 3.05) is 5.84 Å². The molecule has 120 valence electrons. The molecule has 0 radical (unpaired) electrons. The Morgan fingerprint density at radius 3 is 2.38 bits per heavy atom. The van der Waals surface area contributed by atoms with Gasteiger partial charge in [0.15, 0.2) is 0 Å². The number of benzene rings is 2. The van der Waals surface area contributed by atoms with Crippen molar-refractivity contribution in [3.63, 3.8) is 0 Å². The van der Waals surface area contributed by atoms with Crippen LogP contribution in [-0.4, -0.2) is 14.2 Å². The largest absolute Gasteiger partial charge is 0.508 e. The highest BCUT2D eigenvalue weighted by Gasteiger charge is 2.22. The van der Waals surface area contributed by atoms with Gasteiger partial charge in [0, 0.05) is 21.4 Å². The SMILES string of the molecule is Cc1nsc(C)c1-c1c(-c2ccc(O)cc2)c2ccccc2n1N. The van der Waals surface area contributed by atoms with Crippen LogP contribution in [0, 0.1) is 13.8 Å². The molecule has 0 spiro atoms. The first-order valence-corrected chi connectivity index (χ1v) is 8.46. The lowest BCUT2D eigenvalue weighted by Crippen LogP contribution is -2.10. The van der Waals surface area contributed by atoms with E-state index in [0.717, 1.165) is 43.9 Å². The topological polar surface area (TPSA) is 64.1 Å². The van der Waals surface area contributed by atoms with E-state index in [4.69, 9.17) is 5.84 Å². The maximum absolute atomic E-state index is 9.63. The van der Waals surface area contributed by atoms with Crippen LogP contribution >= 0.6 is 11.5 Å². The highest BCUT2D eigenvalue weighted by atomic mass is 32.1. The lowest BCUT2D eigenvalue weighted by molar-refractivity contribution is 0.475. The Morgan fingerprint density at radius 2 is 1.71 bits per heavy atom. The van der Waals surface area contributed by atoms with Crippen LogP contribution in [0.5, 0.6) is 5.75 Å². The van der Waals surface area contributed by atoms with Gasteiger partial charge in [-0.3, -0.25) is 4.68 Å². The van der Waals surface area contributed by atoms with Crippen LogP contribution in [0.3, 0.4) is 0 Å². The minimum atomic E-state index is 0.251. The van der Waals surface area contributed by atoms with E-state index < -0.39 is 0 Å². The Balaban J connectivity index is 2.15. The van der Waals surface area contributed by atoms with Gasteiger partial charge in [0.25, 0.3) is 0 Å². The van der Waals surface area contributed by atoms with Crippen LogP contribution in [-0.2, 0) is 0 Å². The van der Waals surface area contributed by atoms with E-state index in [9.17, 15) is 5.11 Å². The molecule has 24 heavy (non-hydrogen) atoms. The number of fused-ring (bicyclic) bond motifs is 1. The fourth-order valence-corrected chi connectivity index (χ4v) is 3.95. The van der Waals surface area contributed by atoms with Crippen molar-refractivity contribution in [1.29, 1.82) is 0 Å². The van der Waals surface area contributed by atoms with Crippen molar-refractivity contribution in [1.82, 2.24) is 9.05 Å². The number of aromatic hydroxyl groups is 1. The number of hydrogen-bond acceptors (Lipinski definition) is 4. The first-order valence-electron chi connectivity index (χ1n) is 7.69. The summed E-state index contributed by atoms with van der Waals surface area (Å²) in [5.74, 6) is 6.73. The number of para-hydroxylation sites is 1. The zero-order valence-electron chi connectivity index (χ0n) is 13.4. The minimum absolute atomic E-state index is 0.251. The summed E-state index contributed by atoms with van der Waals surface area (Å²) >= 11 is 1.49. The summed E-state index contributed by atoms with van der Waals surface area (Å²) in [5, 5.41) is 10.7. The van der Waals surface area contributed by atoms with E-state index in [1.807, 2.05) is 37.3 Å². The number of rotatable bonds is 2. The summed E-state index contributed by atoms with van der Waals surface area (Å²) in [6, 6.07) is 15.3. The third kappa shape index (κ3) is 2.09. The quantitative estimate of drug-likeness (QED) is 0.531. The average Bonchev–Trinajstić information content (AvgIpc) is 3.06. The van der Waals surface area contributed by atoms with Crippen LogP contribution in [0.1, 0.15) is 10.6 Å². The number of phenolic OH excluding ortho intramolecular Hbond substituents is 1. The molecule has 0 bridgehead atoms. The predicted octanol–water partition coefficient (Wildman–Crippen LogP) is 4.47. The van der Waals surface area contributed by atoms with Gasteiger partial charge in [0.05, 0.1) is 16.9 Å². The summed E-state index contributed by atoms with van der Waals surface area (Å²) in [7, 11) is 0. The predicted molar refractivity (Wildman–Crippen MR) is 99.8 cm³/mol. The number of nitrogen functional groups attached to an aromatic ring is 1. The highest BCUT2D eigenvalue weighted by Crippen LogP contribution is 2.42. The molecule has 3 N–H and O–H groups in total. The average molecular weight is 335 g/mol. The van der Waals surface area contributed by atoms with Crippen molar-refractivity contribution >= 4 is 22.4 Å². The number of nitrogens with two attached hydrogens (primary N) is 1. The van der Waals surface area contributed by atoms with E-state index in [2.05, 4.69) is 17.4 Å². The molecule has 5 heteroatoms. The summed E-state index contributed by atoms with van der Waals surface area (Å²) in [4.78, 5) is 1.14. The first-order chi connectivity index (χ1) is 11.6. The molecular weight excluding hydrogens is 318 g/mol. The summed E-state index contributed by atoms with van der Waals surface area (Å²) in [6.45, 7) is 4.08. The van der Waals surface area contributed by atoms with Gasteiger partial charge < -0.3 is 10.9 Å². The van der Waals surface area contributed by atoms with E-state index >= 15 is 0 Å². The fourth-order valence-electron chi connectivity index (χ4n) is 3.25. The maximum atomic E-state index is 9.63. The fraction of sp³-hybridized carbons (Fsp3) is 0.105. The molecule has 2 aromatic heterocycles. The smallest absolute Gasteiger partial charge is 0.115 e. The minimum Gasteiger partial charge on any atom is -0.508 e. The molecule has 0 aliphatic heterocycles. The van der Waals surface area contributed by atoms with Gasteiger partial charge in [-0.1, -0.05) is 30.3 Å². The molecular formula is C19H17N3OS. The van der Waals surface area contributed by atoms with Crippen LogP contribution in [0.4, 0.5) is 0 Å². The van der Waals surface area contributed by atoms with Gasteiger partial charge in [0.2, 0.25) is 0 Å². The van der Waals surface area contributed by atoms with E-state index in [-0.39, 0.29) is 5.75 Å². The highest BCUT2D eigenvalue weighted by molar-refractivity contribution is 7.06. The molecule has 4 rings (SSSR count). The zero-order chi connectivity index (χ0) is 16.8. The normalized spacial score (nSPS) is 11.2. The molecule has 4 nitrogen and oxygen atoms in total. The molecule has 0 saturated carbocycles. The lowest BCUT2D eigenvalue weighted by Gasteiger charge is -2.09. The van der Waals surface area contributed by atoms with Gasteiger partial charge in [-0.15, -0.1) is 0 Å². The monoisotopic (exact) mass is 335 g/mol. The van der Waals surface area contributed by atoms with E-state index in [0.29, 0.717) is 0 Å². The lowest BCUT2D eigenvalue weighted by atomic mass is 9.98. The standard InChI is InChI=1S/C19H17N3OS/c1-11-17(12(2)24-21-11)19-18(13-7-9-14(23)10-8-13)15-5-3-4-6-16(15)22(19)20/h3-10,23H,20H2,1-2H3. The zero-order valence-corrected chi connectivity index (χ0v) is 14.3. The van der Waals surface area contributed by atoms with Crippen LogP contribution in [0.25, 0.3) is 33.3 Å². The summed E-state index contributed by atoms with van der Waals surface area (Å²) in [5.41, 5.74) is 6.09. The van der Waals surface area contributed by atoms with Gasteiger partial charge in [-0.2, -0.15) is 4.37 Å². The number of phenols is 1. The Bertz CT molecular complexity index is 1030. The molecule has 2 aromatic carbocycles. The maximum Gasteiger partial charge on any atom is 0.115 e. The Labute approximate surface area is 143 Å². The van der Waals surface area contributed by atoms with Gasteiger partial charge in [0.1, 0.15) is 5.75 Å².